The van der Waals surface area contributed by atoms with Crippen molar-refractivity contribution in [3.8, 4) is 0 Å². The molecule has 0 aromatic heterocycles. The summed E-state index contributed by atoms with van der Waals surface area (Å²) in [6.45, 7) is 0. The molecule has 0 aliphatic carbocycles. The van der Waals surface area contributed by atoms with Crippen LogP contribution in [0.15, 0.2) is 30.3 Å². The summed E-state index contributed by atoms with van der Waals surface area (Å²) < 4.78 is 4.44. The van der Waals surface area contributed by atoms with Crippen molar-refractivity contribution in [3.63, 3.8) is 0 Å². The molecule has 0 saturated carbocycles. The number of methoxy groups -OCH3 is 1. The summed E-state index contributed by atoms with van der Waals surface area (Å²) in [5, 5.41) is 8.57. The van der Waals surface area contributed by atoms with Crippen LogP contribution < -0.4 is 0 Å². The van der Waals surface area contributed by atoms with E-state index in [9.17, 15) is 9.59 Å². The maximum Gasteiger partial charge on any atom is 0.330 e. The van der Waals surface area contributed by atoms with E-state index in [2.05, 4.69) is 4.74 Å². The SMILES string of the molecule is COC(=O)/C=C/c1ccc(CC(=O)O)cc1. The normalized spacial score (nSPS) is 10.3. The van der Waals surface area contributed by atoms with Crippen LogP contribution in [-0.4, -0.2) is 24.2 Å². The Bertz CT molecular complexity index is 404. The van der Waals surface area contributed by atoms with E-state index in [1.54, 1.807) is 30.3 Å². The number of carboxylic acid groups (broad SMARTS) is 1. The van der Waals surface area contributed by atoms with Gasteiger partial charge >= 0.3 is 11.9 Å². The zero-order valence-electron chi connectivity index (χ0n) is 8.84. The molecule has 0 aliphatic rings. The molecule has 0 fully saturated rings. The average molecular weight is 220 g/mol. The quantitative estimate of drug-likeness (QED) is 0.617. The van der Waals surface area contributed by atoms with Crippen LogP contribution in [0.25, 0.3) is 6.08 Å². The molecule has 1 aromatic rings. The highest BCUT2D eigenvalue weighted by atomic mass is 16.5. The summed E-state index contributed by atoms with van der Waals surface area (Å²) in [5.41, 5.74) is 1.54. The van der Waals surface area contributed by atoms with Gasteiger partial charge < -0.3 is 9.84 Å². The van der Waals surface area contributed by atoms with Crippen LogP contribution in [-0.2, 0) is 20.7 Å². The van der Waals surface area contributed by atoms with Crippen molar-refractivity contribution in [3.05, 3.63) is 41.5 Å². The molecule has 0 radical (unpaired) electrons. The number of aliphatic carboxylic acids is 1. The Balaban J connectivity index is 2.68. The molecule has 0 amide bonds. The van der Waals surface area contributed by atoms with Gasteiger partial charge in [-0.3, -0.25) is 4.79 Å². The second kappa shape index (κ2) is 5.70. The van der Waals surface area contributed by atoms with Crippen molar-refractivity contribution in [1.82, 2.24) is 0 Å². The van der Waals surface area contributed by atoms with Crippen LogP contribution >= 0.6 is 0 Å². The van der Waals surface area contributed by atoms with Crippen molar-refractivity contribution in [2.75, 3.05) is 7.11 Å². The van der Waals surface area contributed by atoms with Gasteiger partial charge in [0.25, 0.3) is 0 Å². The highest BCUT2D eigenvalue weighted by Gasteiger charge is 1.99. The minimum absolute atomic E-state index is 0.000988. The van der Waals surface area contributed by atoms with Gasteiger partial charge in [0, 0.05) is 6.08 Å². The second-order valence-electron chi connectivity index (χ2n) is 3.17. The molecule has 0 unspecified atom stereocenters. The Morgan fingerprint density at radius 1 is 1.31 bits per heavy atom. The molecule has 16 heavy (non-hydrogen) atoms. The van der Waals surface area contributed by atoms with Crippen LogP contribution in [0.2, 0.25) is 0 Å². The Labute approximate surface area is 93.2 Å². The van der Waals surface area contributed by atoms with E-state index in [-0.39, 0.29) is 6.42 Å². The number of ether oxygens (including phenoxy) is 1. The number of benzene rings is 1. The number of carbonyl (C=O) groups is 2. The fourth-order valence-electron chi connectivity index (χ4n) is 1.15. The largest absolute Gasteiger partial charge is 0.481 e. The molecule has 4 nitrogen and oxygen atoms in total. The van der Waals surface area contributed by atoms with Gasteiger partial charge in [-0.25, -0.2) is 4.79 Å². The Morgan fingerprint density at radius 3 is 2.44 bits per heavy atom. The zero-order valence-corrected chi connectivity index (χ0v) is 8.84. The van der Waals surface area contributed by atoms with Crippen LogP contribution in [0, 0.1) is 0 Å². The first kappa shape index (κ1) is 12.0. The smallest absolute Gasteiger partial charge is 0.330 e. The van der Waals surface area contributed by atoms with Crippen molar-refractivity contribution < 1.29 is 19.4 Å². The Kier molecular flexibility index (Phi) is 4.27. The van der Waals surface area contributed by atoms with Gasteiger partial charge in [0.2, 0.25) is 0 Å². The summed E-state index contributed by atoms with van der Waals surface area (Å²) in [5.74, 6) is -1.28. The minimum atomic E-state index is -0.863. The van der Waals surface area contributed by atoms with Crippen LogP contribution in [0.4, 0.5) is 0 Å². The maximum absolute atomic E-state index is 10.8. The molecule has 1 rings (SSSR count). The lowest BCUT2D eigenvalue weighted by atomic mass is 10.1. The first-order chi connectivity index (χ1) is 7.61. The highest BCUT2D eigenvalue weighted by molar-refractivity contribution is 5.86. The predicted molar refractivity (Wildman–Crippen MR) is 58.8 cm³/mol. The minimum Gasteiger partial charge on any atom is -0.481 e. The highest BCUT2D eigenvalue weighted by Crippen LogP contribution is 2.07. The van der Waals surface area contributed by atoms with Crippen molar-refractivity contribution >= 4 is 18.0 Å². The van der Waals surface area contributed by atoms with Crippen LogP contribution in [0.5, 0.6) is 0 Å². The first-order valence-corrected chi connectivity index (χ1v) is 4.68. The number of hydrogen-bond donors (Lipinski definition) is 1. The topological polar surface area (TPSA) is 63.6 Å². The van der Waals surface area contributed by atoms with Gasteiger partial charge in [0.15, 0.2) is 0 Å². The third-order valence-electron chi connectivity index (χ3n) is 1.95. The number of hydrogen-bond acceptors (Lipinski definition) is 3. The molecule has 0 heterocycles. The lowest BCUT2D eigenvalue weighted by Crippen LogP contribution is -1.99. The van der Waals surface area contributed by atoms with Gasteiger partial charge in [0.1, 0.15) is 0 Å². The number of rotatable bonds is 4. The van der Waals surface area contributed by atoms with Crippen molar-refractivity contribution in [2.24, 2.45) is 0 Å². The van der Waals surface area contributed by atoms with Crippen LogP contribution in [0.3, 0.4) is 0 Å². The average Bonchev–Trinajstić information content (AvgIpc) is 2.27. The lowest BCUT2D eigenvalue weighted by Gasteiger charge is -1.97. The molecule has 0 atom stereocenters. The molecule has 0 bridgehead atoms. The van der Waals surface area contributed by atoms with E-state index in [0.29, 0.717) is 0 Å². The standard InChI is InChI=1S/C12H12O4/c1-16-12(15)7-6-9-2-4-10(5-3-9)8-11(13)14/h2-7H,8H2,1H3,(H,13,14)/b7-6+. The van der Waals surface area contributed by atoms with E-state index in [1.165, 1.54) is 13.2 Å². The van der Waals surface area contributed by atoms with Gasteiger partial charge in [-0.15, -0.1) is 0 Å². The van der Waals surface area contributed by atoms with Gasteiger partial charge in [0.05, 0.1) is 13.5 Å². The van der Waals surface area contributed by atoms with Gasteiger partial charge in [-0.05, 0) is 17.2 Å². The molecule has 1 N–H and O–H groups in total. The third kappa shape index (κ3) is 3.96. The molecule has 1 aromatic carbocycles. The molecule has 0 saturated heterocycles. The summed E-state index contributed by atoms with van der Waals surface area (Å²) in [7, 11) is 1.31. The lowest BCUT2D eigenvalue weighted by molar-refractivity contribution is -0.136. The predicted octanol–water partition coefficient (Wildman–Crippen LogP) is 1.50. The number of esters is 1. The number of carboxylic acids is 1. The molecule has 0 spiro atoms. The van der Waals surface area contributed by atoms with Crippen molar-refractivity contribution in [2.45, 2.75) is 6.42 Å². The molecule has 0 aliphatic heterocycles. The van der Waals surface area contributed by atoms with Gasteiger partial charge in [-0.2, -0.15) is 0 Å². The maximum atomic E-state index is 10.8. The van der Waals surface area contributed by atoms with Crippen LogP contribution in [0.1, 0.15) is 11.1 Å². The summed E-state index contributed by atoms with van der Waals surface area (Å²) in [6.07, 6.45) is 2.92. The monoisotopic (exact) mass is 220 g/mol. The molecular formula is C12H12O4. The van der Waals surface area contributed by atoms with E-state index in [0.717, 1.165) is 11.1 Å². The molecule has 4 heteroatoms. The molecule has 84 valence electrons. The fourth-order valence-corrected chi connectivity index (χ4v) is 1.15. The van der Waals surface area contributed by atoms with E-state index < -0.39 is 11.9 Å². The number of carbonyl (C=O) groups excluding carboxylic acids is 1. The summed E-state index contributed by atoms with van der Waals surface area (Å²) in [4.78, 5) is 21.2. The van der Waals surface area contributed by atoms with Crippen molar-refractivity contribution in [1.29, 1.82) is 0 Å². The van der Waals surface area contributed by atoms with E-state index >= 15 is 0 Å². The second-order valence-corrected chi connectivity index (χ2v) is 3.17. The Morgan fingerprint density at radius 2 is 1.94 bits per heavy atom. The summed E-state index contributed by atoms with van der Waals surface area (Å²) in [6, 6.07) is 6.92. The first-order valence-electron chi connectivity index (χ1n) is 4.68. The fraction of sp³-hybridized carbons (Fsp3) is 0.167. The van der Waals surface area contributed by atoms with Gasteiger partial charge in [-0.1, -0.05) is 24.3 Å². The zero-order chi connectivity index (χ0) is 12.0. The van der Waals surface area contributed by atoms with E-state index in [1.807, 2.05) is 0 Å². The third-order valence-corrected chi connectivity index (χ3v) is 1.95. The summed E-state index contributed by atoms with van der Waals surface area (Å²) >= 11 is 0. The Hall–Kier alpha value is -2.10. The molecular weight excluding hydrogens is 208 g/mol. The van der Waals surface area contributed by atoms with E-state index in [4.69, 9.17) is 5.11 Å².